The predicted octanol–water partition coefficient (Wildman–Crippen LogP) is 3.12. The first-order chi connectivity index (χ1) is 18.6. The number of sulfonamides is 1. The van der Waals surface area contributed by atoms with Gasteiger partial charge in [0, 0.05) is 25.3 Å². The van der Waals surface area contributed by atoms with E-state index in [1.165, 1.54) is 69.7 Å². The number of para-hydroxylation sites is 1. The number of hydrogen-bond acceptors (Lipinski definition) is 8. The Morgan fingerprint density at radius 2 is 1.72 bits per heavy atom. The fourth-order valence-corrected chi connectivity index (χ4v) is 5.05. The van der Waals surface area contributed by atoms with Crippen LogP contribution < -0.4 is 19.7 Å². The van der Waals surface area contributed by atoms with E-state index in [1.807, 2.05) is 0 Å². The zero-order valence-electron chi connectivity index (χ0n) is 21.5. The summed E-state index contributed by atoms with van der Waals surface area (Å²) in [5.41, 5.74) is 0.391. The van der Waals surface area contributed by atoms with Crippen molar-refractivity contribution in [3.8, 4) is 5.75 Å². The molecule has 13 heteroatoms. The summed E-state index contributed by atoms with van der Waals surface area (Å²) in [7, 11) is -1.49. The molecule has 2 N–H and O–H groups in total. The van der Waals surface area contributed by atoms with Crippen LogP contribution in [-0.4, -0.2) is 59.1 Å². The maximum absolute atomic E-state index is 13.7. The lowest BCUT2D eigenvalue weighted by atomic mass is 10.1. The van der Waals surface area contributed by atoms with Gasteiger partial charge in [-0.25, -0.2) is 8.42 Å². The Morgan fingerprint density at radius 3 is 2.36 bits per heavy atom. The monoisotopic (exact) mass is 556 g/mol. The molecule has 0 aliphatic rings. The average Bonchev–Trinajstić information content (AvgIpc) is 2.92. The summed E-state index contributed by atoms with van der Waals surface area (Å²) in [6, 6.07) is 15.7. The zero-order valence-corrected chi connectivity index (χ0v) is 22.4. The number of nitrogens with one attached hydrogen (secondary N) is 2. The minimum Gasteiger partial charge on any atom is -0.497 e. The Hall–Kier alpha value is -4.49. The Kier molecular flexibility index (Phi) is 9.57. The van der Waals surface area contributed by atoms with Gasteiger partial charge in [-0.1, -0.05) is 18.2 Å². The number of nitrogens with zero attached hydrogens (tertiary/aromatic N) is 2. The van der Waals surface area contributed by atoms with Crippen LogP contribution in [0.3, 0.4) is 0 Å². The fraction of sp³-hybridized carbons (Fsp3) is 0.231. The van der Waals surface area contributed by atoms with Crippen LogP contribution in [0.5, 0.6) is 5.75 Å². The molecule has 0 fully saturated rings. The summed E-state index contributed by atoms with van der Waals surface area (Å²) in [4.78, 5) is 36.2. The first-order valence-electron chi connectivity index (χ1n) is 11.7. The van der Waals surface area contributed by atoms with E-state index in [2.05, 4.69) is 10.6 Å². The summed E-state index contributed by atoms with van der Waals surface area (Å²) in [6.07, 6.45) is 0. The van der Waals surface area contributed by atoms with Gasteiger partial charge in [-0.05, 0) is 49.4 Å². The third kappa shape index (κ3) is 7.09. The Balaban J connectivity index is 1.96. The van der Waals surface area contributed by atoms with Gasteiger partial charge in [0.15, 0.2) is 0 Å². The number of nitro benzene ring substituents is 1. The molecule has 0 atom stereocenters. The van der Waals surface area contributed by atoms with E-state index in [-0.39, 0.29) is 39.6 Å². The number of ether oxygens (including phenoxy) is 2. The minimum atomic E-state index is -4.44. The quantitative estimate of drug-likeness (QED) is 0.196. The molecule has 0 saturated heterocycles. The van der Waals surface area contributed by atoms with Crippen LogP contribution in [0.4, 0.5) is 17.1 Å². The predicted molar refractivity (Wildman–Crippen MR) is 145 cm³/mol. The zero-order chi connectivity index (χ0) is 28.6. The van der Waals surface area contributed by atoms with Gasteiger partial charge in [-0.15, -0.1) is 0 Å². The highest BCUT2D eigenvalue weighted by molar-refractivity contribution is 7.92. The summed E-state index contributed by atoms with van der Waals surface area (Å²) in [5.74, 6) is -0.734. The number of amides is 2. The highest BCUT2D eigenvalue weighted by Gasteiger charge is 2.29. The van der Waals surface area contributed by atoms with Gasteiger partial charge in [0.25, 0.3) is 21.6 Å². The van der Waals surface area contributed by atoms with Crippen molar-refractivity contribution in [2.75, 3.05) is 43.5 Å². The van der Waals surface area contributed by atoms with Crippen molar-refractivity contribution in [1.29, 1.82) is 0 Å². The lowest BCUT2D eigenvalue weighted by Gasteiger charge is -2.24. The van der Waals surface area contributed by atoms with E-state index in [0.29, 0.717) is 12.4 Å². The van der Waals surface area contributed by atoms with Gasteiger partial charge in [0.1, 0.15) is 12.3 Å². The molecule has 0 aliphatic heterocycles. The van der Waals surface area contributed by atoms with Gasteiger partial charge in [0.2, 0.25) is 5.91 Å². The fourth-order valence-electron chi connectivity index (χ4n) is 3.61. The number of nitro groups is 1. The molecule has 0 bridgehead atoms. The average molecular weight is 557 g/mol. The normalized spacial score (nSPS) is 10.9. The van der Waals surface area contributed by atoms with Crippen molar-refractivity contribution >= 4 is 38.9 Å². The number of anilines is 2. The minimum absolute atomic E-state index is 0.125. The second-order valence-electron chi connectivity index (χ2n) is 8.26. The molecule has 39 heavy (non-hydrogen) atoms. The molecule has 3 aromatic carbocycles. The molecular weight excluding hydrogens is 528 g/mol. The van der Waals surface area contributed by atoms with E-state index < -0.39 is 33.3 Å². The second kappa shape index (κ2) is 12.8. The number of methoxy groups -OCH3 is 2. The van der Waals surface area contributed by atoms with Crippen LogP contribution in [0, 0.1) is 17.0 Å². The molecule has 0 aliphatic carbocycles. The second-order valence-corrected chi connectivity index (χ2v) is 10.1. The number of carbonyl (C=O) groups excluding carboxylic acids is 2. The van der Waals surface area contributed by atoms with Crippen molar-refractivity contribution in [2.45, 2.75) is 11.8 Å². The number of hydrogen-bond donors (Lipinski definition) is 2. The Labute approximate surface area is 225 Å². The van der Waals surface area contributed by atoms with E-state index >= 15 is 0 Å². The molecule has 206 valence electrons. The molecule has 3 rings (SSSR count). The van der Waals surface area contributed by atoms with E-state index in [1.54, 1.807) is 12.1 Å². The van der Waals surface area contributed by atoms with Crippen molar-refractivity contribution in [3.05, 3.63) is 88.0 Å². The maximum Gasteiger partial charge on any atom is 0.273 e. The third-order valence-corrected chi connectivity index (χ3v) is 7.42. The summed E-state index contributed by atoms with van der Waals surface area (Å²) in [5, 5.41) is 16.7. The van der Waals surface area contributed by atoms with Gasteiger partial charge >= 0.3 is 0 Å². The smallest absolute Gasteiger partial charge is 0.273 e. The van der Waals surface area contributed by atoms with Crippen LogP contribution in [0.2, 0.25) is 0 Å². The highest BCUT2D eigenvalue weighted by atomic mass is 32.2. The largest absolute Gasteiger partial charge is 0.497 e. The summed E-state index contributed by atoms with van der Waals surface area (Å²) < 4.78 is 38.3. The van der Waals surface area contributed by atoms with Crippen molar-refractivity contribution in [1.82, 2.24) is 5.32 Å². The molecule has 0 unspecified atom stereocenters. The molecule has 2 amide bonds. The van der Waals surface area contributed by atoms with Crippen molar-refractivity contribution < 1.29 is 32.4 Å². The number of rotatable bonds is 12. The van der Waals surface area contributed by atoms with Crippen LogP contribution in [0.25, 0.3) is 0 Å². The van der Waals surface area contributed by atoms with Gasteiger partial charge in [0.05, 0.1) is 40.5 Å². The third-order valence-electron chi connectivity index (χ3n) is 5.65. The highest BCUT2D eigenvalue weighted by Crippen LogP contribution is 2.29. The number of carbonyl (C=O) groups is 2. The van der Waals surface area contributed by atoms with Crippen LogP contribution in [0.15, 0.2) is 71.6 Å². The number of aryl methyl sites for hydroxylation is 1. The lowest BCUT2D eigenvalue weighted by molar-refractivity contribution is -0.385. The molecule has 0 spiro atoms. The Morgan fingerprint density at radius 1 is 1.03 bits per heavy atom. The molecular formula is C26H28N4O8S. The molecule has 0 radical (unpaired) electrons. The maximum atomic E-state index is 13.7. The molecule has 0 aromatic heterocycles. The topological polar surface area (TPSA) is 157 Å². The van der Waals surface area contributed by atoms with Crippen molar-refractivity contribution in [3.63, 3.8) is 0 Å². The van der Waals surface area contributed by atoms with Crippen LogP contribution >= 0.6 is 0 Å². The van der Waals surface area contributed by atoms with E-state index in [4.69, 9.17) is 9.47 Å². The molecule has 0 heterocycles. The molecule has 3 aromatic rings. The summed E-state index contributed by atoms with van der Waals surface area (Å²) in [6.45, 7) is 1.36. The standard InChI is InChI=1S/C26H28N4O8S/c1-18-8-13-21(16-24(18)30(33)34)39(35,36)29(19-9-11-20(38-3)12-10-19)17-25(31)28-23-7-5-4-6-22(23)26(32)27-14-15-37-2/h4-13,16H,14-15,17H2,1-3H3,(H,27,32)(H,28,31). The van der Waals surface area contributed by atoms with Gasteiger partial charge in [-0.3, -0.25) is 24.0 Å². The number of benzene rings is 3. The molecule has 0 saturated carbocycles. The van der Waals surface area contributed by atoms with Gasteiger partial charge < -0.3 is 20.1 Å². The first kappa shape index (κ1) is 29.1. The van der Waals surface area contributed by atoms with E-state index in [9.17, 15) is 28.1 Å². The van der Waals surface area contributed by atoms with E-state index in [0.717, 1.165) is 10.4 Å². The van der Waals surface area contributed by atoms with Gasteiger partial charge in [-0.2, -0.15) is 0 Å². The van der Waals surface area contributed by atoms with Crippen LogP contribution in [-0.2, 0) is 19.6 Å². The molecule has 12 nitrogen and oxygen atoms in total. The Bertz CT molecular complexity index is 1460. The SMILES string of the molecule is COCCNC(=O)c1ccccc1NC(=O)CN(c1ccc(OC)cc1)S(=O)(=O)c1ccc(C)c([N+](=O)[O-])c1. The summed E-state index contributed by atoms with van der Waals surface area (Å²) >= 11 is 0. The van der Waals surface area contributed by atoms with Crippen molar-refractivity contribution in [2.24, 2.45) is 0 Å². The lowest BCUT2D eigenvalue weighted by Crippen LogP contribution is -2.38. The first-order valence-corrected chi connectivity index (χ1v) is 13.1. The van der Waals surface area contributed by atoms with Crippen LogP contribution in [0.1, 0.15) is 15.9 Å².